The van der Waals surface area contributed by atoms with Crippen LogP contribution in [-0.4, -0.2) is 18.7 Å². The zero-order valence-electron chi connectivity index (χ0n) is 20.2. The summed E-state index contributed by atoms with van der Waals surface area (Å²) in [5, 5.41) is 0. The lowest BCUT2D eigenvalue weighted by Gasteiger charge is -2.19. The summed E-state index contributed by atoms with van der Waals surface area (Å²) in [7, 11) is 0. The molecule has 0 spiro atoms. The summed E-state index contributed by atoms with van der Waals surface area (Å²) in [5.74, 6) is 0.247. The second kappa shape index (κ2) is 12.3. The molecule has 0 heterocycles. The van der Waals surface area contributed by atoms with Crippen LogP contribution in [-0.2, 0) is 11.2 Å². The summed E-state index contributed by atoms with van der Waals surface area (Å²) in [4.78, 5) is 25.2. The monoisotopic (exact) mass is 440 g/mol. The molecule has 174 valence electrons. The molecule has 2 aromatic carbocycles. The Hall–Kier alpha value is -2.82. The highest BCUT2D eigenvalue weighted by molar-refractivity contribution is 5.91. The summed E-state index contributed by atoms with van der Waals surface area (Å²) >= 11 is 0. The van der Waals surface area contributed by atoms with Gasteiger partial charge in [0.15, 0.2) is 11.5 Å². The van der Waals surface area contributed by atoms with Crippen LogP contribution in [0.3, 0.4) is 0 Å². The molecule has 0 fully saturated rings. The molecule has 2 aromatic rings. The molecule has 0 saturated heterocycles. The Morgan fingerprint density at radius 2 is 1.56 bits per heavy atom. The van der Waals surface area contributed by atoms with E-state index < -0.39 is 12.1 Å². The third-order valence-corrected chi connectivity index (χ3v) is 5.23. The third kappa shape index (κ3) is 7.11. The summed E-state index contributed by atoms with van der Waals surface area (Å²) in [6.07, 6.45) is 2.87. The number of carbonyl (C=O) groups excluding carboxylic acids is 2. The van der Waals surface area contributed by atoms with Gasteiger partial charge >= 0.3 is 12.1 Å². The number of hydrogen-bond acceptors (Lipinski definition) is 5. The molecular formula is C27H36O5. The largest absolute Gasteiger partial charge is 0.513 e. The predicted octanol–water partition coefficient (Wildman–Crippen LogP) is 7.42. The highest BCUT2D eigenvalue weighted by Crippen LogP contribution is 2.39. The number of unbranched alkanes of at least 4 members (excludes halogenated alkanes) is 1. The first-order valence-corrected chi connectivity index (χ1v) is 11.6. The van der Waals surface area contributed by atoms with E-state index in [1.807, 2.05) is 39.0 Å². The van der Waals surface area contributed by atoms with E-state index in [2.05, 4.69) is 20.8 Å². The normalized spacial score (nSPS) is 11.0. The summed E-state index contributed by atoms with van der Waals surface area (Å²) in [5.41, 5.74) is 3.42. The minimum atomic E-state index is -0.796. The zero-order chi connectivity index (χ0) is 23.7. The van der Waals surface area contributed by atoms with Crippen LogP contribution in [0.15, 0.2) is 36.4 Å². The van der Waals surface area contributed by atoms with Crippen molar-refractivity contribution in [1.82, 2.24) is 0 Å². The van der Waals surface area contributed by atoms with E-state index >= 15 is 0 Å². The lowest BCUT2D eigenvalue weighted by molar-refractivity contribution is 0.0712. The molecular weight excluding hydrogens is 404 g/mol. The lowest BCUT2D eigenvalue weighted by Crippen LogP contribution is -2.16. The lowest BCUT2D eigenvalue weighted by atomic mass is 9.94. The maximum atomic E-state index is 12.9. The number of hydrogen-bond donors (Lipinski definition) is 0. The van der Waals surface area contributed by atoms with Gasteiger partial charge in [0, 0.05) is 5.56 Å². The second-order valence-corrected chi connectivity index (χ2v) is 8.64. The first-order chi connectivity index (χ1) is 15.3. The van der Waals surface area contributed by atoms with Gasteiger partial charge in [-0.05, 0) is 54.0 Å². The maximum Gasteiger partial charge on any atom is 0.513 e. The molecule has 0 saturated carbocycles. The molecule has 0 amide bonds. The molecule has 0 bridgehead atoms. The van der Waals surface area contributed by atoms with Crippen molar-refractivity contribution in [2.75, 3.05) is 6.61 Å². The molecule has 0 unspecified atom stereocenters. The van der Waals surface area contributed by atoms with Crippen LogP contribution in [0.5, 0.6) is 11.5 Å². The number of rotatable bonds is 10. The third-order valence-electron chi connectivity index (χ3n) is 5.23. The van der Waals surface area contributed by atoms with Crippen molar-refractivity contribution in [3.8, 4) is 11.5 Å². The molecule has 5 nitrogen and oxygen atoms in total. The van der Waals surface area contributed by atoms with E-state index in [4.69, 9.17) is 14.2 Å². The molecule has 0 aliphatic carbocycles. The summed E-state index contributed by atoms with van der Waals surface area (Å²) in [6, 6.07) is 11.2. The van der Waals surface area contributed by atoms with Crippen molar-refractivity contribution in [2.24, 2.45) is 0 Å². The highest BCUT2D eigenvalue weighted by atomic mass is 16.7. The minimum absolute atomic E-state index is 0.0573. The molecule has 0 atom stereocenters. The van der Waals surface area contributed by atoms with Gasteiger partial charge in [-0.1, -0.05) is 72.6 Å². The predicted molar refractivity (Wildman–Crippen MR) is 127 cm³/mol. The SMILES string of the molecule is CCCCOC(=O)Oc1cc(C(C)C)cc(C(C)C)c1OC(=O)c1ccc(CCC)cc1. The molecule has 32 heavy (non-hydrogen) atoms. The Bertz CT molecular complexity index is 897. The average molecular weight is 441 g/mol. The smallest absolute Gasteiger partial charge is 0.434 e. The van der Waals surface area contributed by atoms with Gasteiger partial charge in [-0.15, -0.1) is 0 Å². The van der Waals surface area contributed by atoms with Gasteiger partial charge in [-0.3, -0.25) is 0 Å². The van der Waals surface area contributed by atoms with E-state index in [1.165, 1.54) is 5.56 Å². The Labute approximate surface area is 192 Å². The van der Waals surface area contributed by atoms with Crippen molar-refractivity contribution in [1.29, 1.82) is 0 Å². The molecule has 0 radical (unpaired) electrons. The standard InChI is InChI=1S/C27H36O5/c1-7-9-15-30-27(29)31-24-17-22(18(3)4)16-23(19(5)6)25(24)32-26(28)21-13-11-20(10-8-2)12-14-21/h11-14,16-19H,7-10,15H2,1-6H3. The maximum absolute atomic E-state index is 12.9. The fourth-order valence-corrected chi connectivity index (χ4v) is 3.26. The molecule has 0 aromatic heterocycles. The Morgan fingerprint density at radius 1 is 0.875 bits per heavy atom. The van der Waals surface area contributed by atoms with Gasteiger partial charge in [-0.2, -0.15) is 0 Å². The van der Waals surface area contributed by atoms with Gasteiger partial charge < -0.3 is 14.2 Å². The van der Waals surface area contributed by atoms with Crippen molar-refractivity contribution >= 4 is 12.1 Å². The molecule has 0 aliphatic heterocycles. The highest BCUT2D eigenvalue weighted by Gasteiger charge is 2.23. The number of ether oxygens (including phenoxy) is 3. The second-order valence-electron chi connectivity index (χ2n) is 8.64. The van der Waals surface area contributed by atoms with Gasteiger partial charge in [0.05, 0.1) is 12.2 Å². The Balaban J connectivity index is 2.38. The van der Waals surface area contributed by atoms with Crippen molar-refractivity contribution < 1.29 is 23.8 Å². The quantitative estimate of drug-likeness (QED) is 0.166. The number of carbonyl (C=O) groups is 2. The number of benzene rings is 2. The van der Waals surface area contributed by atoms with Crippen molar-refractivity contribution in [3.05, 3.63) is 58.7 Å². The fourth-order valence-electron chi connectivity index (χ4n) is 3.26. The first-order valence-electron chi connectivity index (χ1n) is 11.6. The van der Waals surface area contributed by atoms with Crippen LogP contribution in [0.25, 0.3) is 0 Å². The first kappa shape index (κ1) is 25.4. The number of esters is 1. The molecule has 5 heteroatoms. The molecule has 0 aliphatic rings. The van der Waals surface area contributed by atoms with E-state index in [-0.39, 0.29) is 29.9 Å². The minimum Gasteiger partial charge on any atom is -0.434 e. The van der Waals surface area contributed by atoms with Gasteiger partial charge in [-0.25, -0.2) is 9.59 Å². The van der Waals surface area contributed by atoms with Gasteiger partial charge in [0.25, 0.3) is 0 Å². The molecule has 2 rings (SSSR count). The van der Waals surface area contributed by atoms with Crippen LogP contribution in [0.1, 0.15) is 99.7 Å². The van der Waals surface area contributed by atoms with Gasteiger partial charge in [0.2, 0.25) is 0 Å². The summed E-state index contributed by atoms with van der Waals surface area (Å²) < 4.78 is 16.5. The summed E-state index contributed by atoms with van der Waals surface area (Å²) in [6.45, 7) is 12.6. The molecule has 0 N–H and O–H groups in total. The van der Waals surface area contributed by atoms with E-state index in [0.717, 1.165) is 36.8 Å². The van der Waals surface area contributed by atoms with Crippen molar-refractivity contribution in [3.63, 3.8) is 0 Å². The fraction of sp³-hybridized carbons (Fsp3) is 0.481. The van der Waals surface area contributed by atoms with E-state index in [9.17, 15) is 9.59 Å². The van der Waals surface area contributed by atoms with Crippen LogP contribution in [0, 0.1) is 0 Å². The van der Waals surface area contributed by atoms with E-state index in [0.29, 0.717) is 5.56 Å². The topological polar surface area (TPSA) is 61.8 Å². The average Bonchev–Trinajstić information content (AvgIpc) is 2.75. The van der Waals surface area contributed by atoms with Crippen LogP contribution >= 0.6 is 0 Å². The van der Waals surface area contributed by atoms with Gasteiger partial charge in [0.1, 0.15) is 0 Å². The van der Waals surface area contributed by atoms with Crippen LogP contribution in [0.4, 0.5) is 4.79 Å². The Kier molecular flexibility index (Phi) is 9.76. The number of aryl methyl sites for hydroxylation is 1. The Morgan fingerprint density at radius 3 is 2.12 bits per heavy atom. The van der Waals surface area contributed by atoms with Crippen LogP contribution < -0.4 is 9.47 Å². The van der Waals surface area contributed by atoms with Crippen LogP contribution in [0.2, 0.25) is 0 Å². The van der Waals surface area contributed by atoms with Crippen molar-refractivity contribution in [2.45, 2.75) is 79.1 Å². The van der Waals surface area contributed by atoms with E-state index in [1.54, 1.807) is 18.2 Å². The zero-order valence-corrected chi connectivity index (χ0v) is 20.2.